The van der Waals surface area contributed by atoms with Crippen molar-refractivity contribution in [2.45, 2.75) is 6.17 Å². The van der Waals surface area contributed by atoms with E-state index in [0.29, 0.717) is 17.1 Å². The van der Waals surface area contributed by atoms with Gasteiger partial charge in [0.05, 0.1) is 18.4 Å². The van der Waals surface area contributed by atoms with Gasteiger partial charge in [-0.25, -0.2) is 15.0 Å². The molecule has 25 heavy (non-hydrogen) atoms. The number of hydrogen-bond donors (Lipinski definition) is 1. The highest BCUT2D eigenvalue weighted by Gasteiger charge is 2.32. The third-order valence-corrected chi connectivity index (χ3v) is 4.87. The Morgan fingerprint density at radius 1 is 1.28 bits per heavy atom. The standard InChI is InChI=1S/C17H15N5O2S/c1-22-15(13-9-25-16(21-13)14-18-6-3-7-19-14)20-12-5-4-10(24-2)8-11(12)17(22)23/h3-9,15,20H,1-2H3. The van der Waals surface area contributed by atoms with E-state index in [4.69, 9.17) is 4.74 Å². The van der Waals surface area contributed by atoms with E-state index in [1.807, 2.05) is 17.5 Å². The molecule has 4 rings (SSSR count). The molecule has 7 nitrogen and oxygen atoms in total. The van der Waals surface area contributed by atoms with Crippen LogP contribution in [-0.2, 0) is 0 Å². The van der Waals surface area contributed by atoms with E-state index in [2.05, 4.69) is 20.3 Å². The molecule has 0 radical (unpaired) electrons. The average molecular weight is 353 g/mol. The molecule has 3 aromatic rings. The quantitative estimate of drug-likeness (QED) is 0.780. The summed E-state index contributed by atoms with van der Waals surface area (Å²) in [5.41, 5.74) is 2.10. The number of ether oxygens (including phenoxy) is 1. The molecule has 1 unspecified atom stereocenters. The highest BCUT2D eigenvalue weighted by atomic mass is 32.1. The van der Waals surface area contributed by atoms with Crippen molar-refractivity contribution >= 4 is 22.9 Å². The van der Waals surface area contributed by atoms with Gasteiger partial charge in [0.2, 0.25) is 0 Å². The number of amides is 1. The van der Waals surface area contributed by atoms with Crippen LogP contribution in [0.15, 0.2) is 42.0 Å². The molecule has 0 aliphatic carbocycles. The Kier molecular flexibility index (Phi) is 3.81. The van der Waals surface area contributed by atoms with Gasteiger partial charge in [-0.3, -0.25) is 4.79 Å². The second kappa shape index (κ2) is 6.14. The highest BCUT2D eigenvalue weighted by Crippen LogP contribution is 2.35. The molecule has 1 aromatic carbocycles. The van der Waals surface area contributed by atoms with Crippen molar-refractivity contribution in [1.29, 1.82) is 0 Å². The summed E-state index contributed by atoms with van der Waals surface area (Å²) in [5, 5.41) is 6.00. The fraction of sp³-hybridized carbons (Fsp3) is 0.176. The third-order valence-electron chi connectivity index (χ3n) is 4.02. The maximum absolute atomic E-state index is 12.7. The van der Waals surface area contributed by atoms with Crippen molar-refractivity contribution in [3.63, 3.8) is 0 Å². The van der Waals surface area contributed by atoms with Crippen molar-refractivity contribution in [2.24, 2.45) is 0 Å². The Hall–Kier alpha value is -3.00. The third kappa shape index (κ3) is 2.70. The molecule has 1 atom stereocenters. The zero-order valence-electron chi connectivity index (χ0n) is 13.6. The van der Waals surface area contributed by atoms with Crippen LogP contribution in [0.2, 0.25) is 0 Å². The van der Waals surface area contributed by atoms with Crippen LogP contribution in [0.25, 0.3) is 10.8 Å². The predicted molar refractivity (Wildman–Crippen MR) is 94.6 cm³/mol. The first kappa shape index (κ1) is 15.5. The van der Waals surface area contributed by atoms with Crippen molar-refractivity contribution < 1.29 is 9.53 Å². The average Bonchev–Trinajstić information content (AvgIpc) is 3.15. The van der Waals surface area contributed by atoms with Gasteiger partial charge in [-0.1, -0.05) is 0 Å². The Labute approximate surface area is 148 Å². The molecule has 1 aliphatic heterocycles. The summed E-state index contributed by atoms with van der Waals surface area (Å²) in [4.78, 5) is 27.4. The minimum absolute atomic E-state index is 0.0804. The SMILES string of the molecule is COc1ccc2c(c1)C(=O)N(C)C(c1csc(-c3ncccn3)n1)N2. The Bertz CT molecular complexity index is 928. The van der Waals surface area contributed by atoms with Crippen LogP contribution in [0.5, 0.6) is 5.75 Å². The molecule has 0 saturated heterocycles. The highest BCUT2D eigenvalue weighted by molar-refractivity contribution is 7.13. The normalized spacial score (nSPS) is 16.3. The zero-order valence-corrected chi connectivity index (χ0v) is 14.4. The molecule has 0 bridgehead atoms. The van der Waals surface area contributed by atoms with Gasteiger partial charge in [-0.05, 0) is 24.3 Å². The van der Waals surface area contributed by atoms with Crippen LogP contribution in [0.1, 0.15) is 22.2 Å². The fourth-order valence-corrected chi connectivity index (χ4v) is 3.48. The van der Waals surface area contributed by atoms with Gasteiger partial charge in [-0.2, -0.15) is 0 Å². The smallest absolute Gasteiger partial charge is 0.257 e. The lowest BCUT2D eigenvalue weighted by molar-refractivity contribution is 0.0732. The molecule has 0 fully saturated rings. The Morgan fingerprint density at radius 3 is 2.84 bits per heavy atom. The van der Waals surface area contributed by atoms with E-state index < -0.39 is 0 Å². The van der Waals surface area contributed by atoms with Crippen LogP contribution in [-0.4, -0.2) is 39.9 Å². The number of carbonyl (C=O) groups is 1. The van der Waals surface area contributed by atoms with Crippen LogP contribution >= 0.6 is 11.3 Å². The van der Waals surface area contributed by atoms with Crippen molar-refractivity contribution in [3.05, 3.63) is 53.3 Å². The number of nitrogens with one attached hydrogen (secondary N) is 1. The summed E-state index contributed by atoms with van der Waals surface area (Å²) in [6.45, 7) is 0. The number of benzene rings is 1. The second-order valence-corrected chi connectivity index (χ2v) is 6.38. The van der Waals surface area contributed by atoms with Crippen LogP contribution in [0.3, 0.4) is 0 Å². The Balaban J connectivity index is 1.67. The molecular formula is C17H15N5O2S. The summed E-state index contributed by atoms with van der Waals surface area (Å²) >= 11 is 1.45. The summed E-state index contributed by atoms with van der Waals surface area (Å²) < 4.78 is 5.20. The lowest BCUT2D eigenvalue weighted by Crippen LogP contribution is -2.40. The zero-order chi connectivity index (χ0) is 17.4. The van der Waals surface area contributed by atoms with E-state index in [1.54, 1.807) is 43.6 Å². The van der Waals surface area contributed by atoms with Gasteiger partial charge in [-0.15, -0.1) is 11.3 Å². The number of aromatic nitrogens is 3. The maximum Gasteiger partial charge on any atom is 0.257 e. The number of fused-ring (bicyclic) bond motifs is 1. The molecule has 2 aromatic heterocycles. The first-order valence-corrected chi connectivity index (χ1v) is 8.50. The number of anilines is 1. The van der Waals surface area contributed by atoms with E-state index >= 15 is 0 Å². The number of hydrogen-bond acceptors (Lipinski definition) is 7. The van der Waals surface area contributed by atoms with Crippen LogP contribution in [0.4, 0.5) is 5.69 Å². The fourth-order valence-electron chi connectivity index (χ4n) is 2.70. The van der Waals surface area contributed by atoms with E-state index in [9.17, 15) is 4.79 Å². The van der Waals surface area contributed by atoms with Crippen molar-refractivity contribution in [1.82, 2.24) is 19.9 Å². The summed E-state index contributed by atoms with van der Waals surface area (Å²) in [7, 11) is 3.33. The first-order chi connectivity index (χ1) is 12.2. The maximum atomic E-state index is 12.7. The molecular weight excluding hydrogens is 338 g/mol. The number of methoxy groups -OCH3 is 1. The van der Waals surface area contributed by atoms with Gasteiger partial charge in [0.1, 0.15) is 11.9 Å². The van der Waals surface area contributed by atoms with E-state index in [-0.39, 0.29) is 12.1 Å². The van der Waals surface area contributed by atoms with Gasteiger partial charge in [0.15, 0.2) is 10.8 Å². The molecule has 1 aliphatic rings. The topological polar surface area (TPSA) is 80.2 Å². The van der Waals surface area contributed by atoms with Crippen molar-refractivity contribution in [2.75, 3.05) is 19.5 Å². The summed E-state index contributed by atoms with van der Waals surface area (Å²) in [5.74, 6) is 1.15. The molecule has 3 heterocycles. The summed E-state index contributed by atoms with van der Waals surface area (Å²) in [6, 6.07) is 7.17. The largest absolute Gasteiger partial charge is 0.497 e. The van der Waals surface area contributed by atoms with Crippen LogP contribution < -0.4 is 10.1 Å². The van der Waals surface area contributed by atoms with Gasteiger partial charge in [0.25, 0.3) is 5.91 Å². The number of carbonyl (C=O) groups excluding carboxylic acids is 1. The van der Waals surface area contributed by atoms with Gasteiger partial charge in [0, 0.05) is 30.5 Å². The first-order valence-electron chi connectivity index (χ1n) is 7.62. The Morgan fingerprint density at radius 2 is 2.08 bits per heavy atom. The van der Waals surface area contributed by atoms with Gasteiger partial charge < -0.3 is 15.0 Å². The van der Waals surface area contributed by atoms with Gasteiger partial charge >= 0.3 is 0 Å². The van der Waals surface area contributed by atoms with E-state index in [1.165, 1.54) is 11.3 Å². The molecule has 8 heteroatoms. The minimum Gasteiger partial charge on any atom is -0.497 e. The summed E-state index contributed by atoms with van der Waals surface area (Å²) in [6.07, 6.45) is 3.02. The lowest BCUT2D eigenvalue weighted by atomic mass is 10.1. The second-order valence-electron chi connectivity index (χ2n) is 5.52. The lowest BCUT2D eigenvalue weighted by Gasteiger charge is -2.34. The van der Waals surface area contributed by atoms with E-state index in [0.717, 1.165) is 16.4 Å². The number of thiazole rings is 1. The molecule has 1 N–H and O–H groups in total. The monoisotopic (exact) mass is 353 g/mol. The minimum atomic E-state index is -0.345. The molecule has 0 saturated carbocycles. The molecule has 1 amide bonds. The van der Waals surface area contributed by atoms with Crippen molar-refractivity contribution in [3.8, 4) is 16.6 Å². The predicted octanol–water partition coefficient (Wildman–Crippen LogP) is 2.81. The van der Waals surface area contributed by atoms with Crippen LogP contribution in [0, 0.1) is 0 Å². The number of rotatable bonds is 3. The molecule has 0 spiro atoms. The number of nitrogens with zero attached hydrogens (tertiary/aromatic N) is 4. The molecule has 126 valence electrons.